The van der Waals surface area contributed by atoms with Crippen LogP contribution in [-0.4, -0.2) is 75.6 Å². The Hall–Kier alpha value is -2.28. The van der Waals surface area contributed by atoms with Crippen molar-refractivity contribution >= 4 is 52.7 Å². The van der Waals surface area contributed by atoms with Crippen LogP contribution in [0.25, 0.3) is 0 Å². The second kappa shape index (κ2) is 12.3. The number of hydrogen-bond acceptors (Lipinski definition) is 5. The highest BCUT2D eigenvalue weighted by Gasteiger charge is 2.48. The Morgan fingerprint density at radius 1 is 1.11 bits per heavy atom. The van der Waals surface area contributed by atoms with Crippen LogP contribution in [0.1, 0.15) is 47.5 Å². The van der Waals surface area contributed by atoms with Gasteiger partial charge in [-0.1, -0.05) is 57.8 Å². The molecule has 1 rings (SSSR count). The van der Waals surface area contributed by atoms with E-state index in [4.69, 9.17) is 28.9 Å². The predicted molar refractivity (Wildman–Crippen MR) is 125 cm³/mol. The van der Waals surface area contributed by atoms with E-state index >= 15 is 0 Å². The van der Waals surface area contributed by atoms with E-state index in [1.807, 2.05) is 13.8 Å². The Balaban J connectivity index is 3.29. The molecule has 0 unspecified atom stereocenters. The minimum Gasteiger partial charge on any atom is -0.370 e. The topological polar surface area (TPSA) is 142 Å². The number of amides is 5. The number of nitrogens with zero attached hydrogens (tertiary/aromatic N) is 2. The average molecular weight is 562 g/mol. The fourth-order valence-electron chi connectivity index (χ4n) is 3.64. The summed E-state index contributed by atoms with van der Waals surface area (Å²) in [5.74, 6) is -5.93. The van der Waals surface area contributed by atoms with Gasteiger partial charge in [0.15, 0.2) is 4.84 Å². The maximum Gasteiger partial charge on any atom is 0.471 e. The van der Waals surface area contributed by atoms with Crippen LogP contribution < -0.4 is 16.5 Å². The summed E-state index contributed by atoms with van der Waals surface area (Å²) in [6, 6.07) is -2.79. The molecule has 10 nitrogen and oxygen atoms in total. The van der Waals surface area contributed by atoms with E-state index in [1.54, 1.807) is 5.32 Å². The van der Waals surface area contributed by atoms with Gasteiger partial charge in [0, 0.05) is 13.0 Å². The molecule has 1 fully saturated rings. The van der Waals surface area contributed by atoms with Gasteiger partial charge in [-0.15, -0.1) is 0 Å². The Morgan fingerprint density at radius 2 is 1.67 bits per heavy atom. The van der Waals surface area contributed by atoms with Crippen molar-refractivity contribution in [2.45, 2.75) is 70.6 Å². The Bertz CT molecular complexity index is 864. The molecule has 0 spiro atoms. The van der Waals surface area contributed by atoms with E-state index in [1.165, 1.54) is 20.8 Å². The van der Waals surface area contributed by atoms with Gasteiger partial charge >= 0.3 is 12.1 Å². The predicted octanol–water partition coefficient (Wildman–Crippen LogP) is 1.49. The standard InChI is InChI=1S/C21H32Cl2F3N5O5/c1-10(2)11-8-12(16(33)29-31(7-6-13(27)32)18(35)15(22)23)30(9-11)17(34)14(20(3,4)5)28-19(36)21(24,25)26/h10-12,14-15H,6-9H2,1-5H3,(H2,27,32)(H,28,36)(H,29,33)/t11-,12+,14-/m1/s1. The molecular weight excluding hydrogens is 530 g/mol. The molecule has 1 heterocycles. The highest BCUT2D eigenvalue weighted by molar-refractivity contribution is 6.53. The number of alkyl halides is 5. The summed E-state index contributed by atoms with van der Waals surface area (Å²) in [6.45, 7) is 7.82. The summed E-state index contributed by atoms with van der Waals surface area (Å²) in [5.41, 5.74) is 6.26. The zero-order chi connectivity index (χ0) is 28.2. The monoisotopic (exact) mass is 561 g/mol. The van der Waals surface area contributed by atoms with Crippen molar-refractivity contribution < 1.29 is 37.1 Å². The normalized spacial score (nSPS) is 19.3. The van der Waals surface area contributed by atoms with E-state index in [0.717, 1.165) is 4.90 Å². The quantitative estimate of drug-likeness (QED) is 0.304. The van der Waals surface area contributed by atoms with Gasteiger partial charge in [0.25, 0.3) is 11.8 Å². The molecule has 1 aliphatic heterocycles. The molecule has 0 saturated carbocycles. The van der Waals surface area contributed by atoms with Crippen LogP contribution in [0.2, 0.25) is 0 Å². The Labute approximate surface area is 217 Å². The molecule has 36 heavy (non-hydrogen) atoms. The number of rotatable bonds is 8. The number of nitrogens with two attached hydrogens (primary N) is 1. The van der Waals surface area contributed by atoms with E-state index in [9.17, 15) is 37.1 Å². The molecule has 15 heteroatoms. The lowest BCUT2D eigenvalue weighted by Crippen LogP contribution is -2.60. The molecule has 1 aliphatic rings. The molecule has 1 saturated heterocycles. The second-order valence-corrected chi connectivity index (χ2v) is 11.1. The highest BCUT2D eigenvalue weighted by Crippen LogP contribution is 2.32. The lowest BCUT2D eigenvalue weighted by molar-refractivity contribution is -0.176. The first kappa shape index (κ1) is 31.7. The lowest BCUT2D eigenvalue weighted by Gasteiger charge is -2.36. The molecule has 0 aromatic rings. The zero-order valence-electron chi connectivity index (χ0n) is 20.6. The van der Waals surface area contributed by atoms with Gasteiger partial charge < -0.3 is 16.0 Å². The van der Waals surface area contributed by atoms with Crippen LogP contribution in [0.4, 0.5) is 13.2 Å². The number of primary amides is 1. The molecular formula is C21H32Cl2F3N5O5. The molecule has 0 bridgehead atoms. The summed E-state index contributed by atoms with van der Waals surface area (Å²) in [7, 11) is 0. The number of hydrogen-bond donors (Lipinski definition) is 3. The summed E-state index contributed by atoms with van der Waals surface area (Å²) in [4.78, 5) is 61.3. The molecule has 0 radical (unpaired) electrons. The van der Waals surface area contributed by atoms with Crippen molar-refractivity contribution in [1.82, 2.24) is 20.7 Å². The lowest BCUT2D eigenvalue weighted by atomic mass is 9.85. The zero-order valence-corrected chi connectivity index (χ0v) is 22.1. The third kappa shape index (κ3) is 8.68. The molecule has 0 aliphatic carbocycles. The number of likely N-dealkylation sites (tertiary alicyclic amines) is 1. The third-order valence-corrected chi connectivity index (χ3v) is 6.16. The largest absolute Gasteiger partial charge is 0.471 e. The number of hydrazine groups is 1. The molecule has 3 atom stereocenters. The van der Waals surface area contributed by atoms with Gasteiger partial charge in [0.1, 0.15) is 12.1 Å². The minimum atomic E-state index is -5.22. The van der Waals surface area contributed by atoms with Gasteiger partial charge in [0.2, 0.25) is 11.8 Å². The van der Waals surface area contributed by atoms with Gasteiger partial charge in [-0.2, -0.15) is 13.2 Å². The average Bonchev–Trinajstić information content (AvgIpc) is 3.17. The van der Waals surface area contributed by atoms with Crippen LogP contribution in [-0.2, 0) is 24.0 Å². The molecule has 5 amide bonds. The van der Waals surface area contributed by atoms with Gasteiger partial charge in [-0.05, 0) is 23.7 Å². The van der Waals surface area contributed by atoms with Crippen molar-refractivity contribution in [3.05, 3.63) is 0 Å². The molecule has 206 valence electrons. The molecule has 4 N–H and O–H groups in total. The van der Waals surface area contributed by atoms with Crippen LogP contribution in [0, 0.1) is 17.3 Å². The molecule has 0 aromatic heterocycles. The first-order valence-corrected chi connectivity index (χ1v) is 12.0. The number of halogens is 5. The number of carbonyl (C=O) groups is 5. The van der Waals surface area contributed by atoms with Crippen LogP contribution in [0.5, 0.6) is 0 Å². The third-order valence-electron chi connectivity index (χ3n) is 5.79. The summed E-state index contributed by atoms with van der Waals surface area (Å²) in [6.07, 6.45) is -5.40. The first-order valence-electron chi connectivity index (χ1n) is 11.1. The highest BCUT2D eigenvalue weighted by atomic mass is 35.5. The second-order valence-electron chi connectivity index (χ2n) is 10.00. The van der Waals surface area contributed by atoms with Crippen molar-refractivity contribution in [3.63, 3.8) is 0 Å². The smallest absolute Gasteiger partial charge is 0.370 e. The van der Waals surface area contributed by atoms with Crippen LogP contribution in [0.3, 0.4) is 0 Å². The first-order chi connectivity index (χ1) is 16.3. The fraction of sp³-hybridized carbons (Fsp3) is 0.762. The number of carbonyl (C=O) groups excluding carboxylic acids is 5. The maximum absolute atomic E-state index is 13.5. The van der Waals surface area contributed by atoms with E-state index in [-0.39, 0.29) is 37.8 Å². The van der Waals surface area contributed by atoms with Gasteiger partial charge in [0.05, 0.1) is 6.54 Å². The fourth-order valence-corrected chi connectivity index (χ4v) is 3.88. The number of nitrogens with one attached hydrogen (secondary N) is 2. The Kier molecular flexibility index (Phi) is 10.9. The van der Waals surface area contributed by atoms with Crippen molar-refractivity contribution in [2.24, 2.45) is 23.0 Å². The minimum absolute atomic E-state index is 0.00128. The van der Waals surface area contributed by atoms with Crippen LogP contribution >= 0.6 is 23.2 Å². The summed E-state index contributed by atoms with van der Waals surface area (Å²) < 4.78 is 38.8. The molecule has 0 aromatic carbocycles. The van der Waals surface area contributed by atoms with E-state index in [2.05, 4.69) is 5.43 Å². The maximum atomic E-state index is 13.5. The SMILES string of the molecule is CC(C)[C@@H]1C[C@@H](C(=O)NN(CCC(N)=O)C(=O)C(Cl)Cl)N(C(=O)[C@@H](NC(=O)C(F)(F)F)C(C)(C)C)C1. The van der Waals surface area contributed by atoms with E-state index in [0.29, 0.717) is 5.01 Å². The van der Waals surface area contributed by atoms with Gasteiger partial charge in [-0.3, -0.25) is 34.4 Å². The van der Waals surface area contributed by atoms with Crippen molar-refractivity contribution in [1.29, 1.82) is 0 Å². The summed E-state index contributed by atoms with van der Waals surface area (Å²) >= 11 is 11.2. The van der Waals surface area contributed by atoms with Crippen molar-refractivity contribution in [3.8, 4) is 0 Å². The van der Waals surface area contributed by atoms with Crippen molar-refractivity contribution in [2.75, 3.05) is 13.1 Å². The summed E-state index contributed by atoms with van der Waals surface area (Å²) in [5, 5.41) is 2.45. The van der Waals surface area contributed by atoms with E-state index < -0.39 is 58.0 Å². The Morgan fingerprint density at radius 3 is 2.08 bits per heavy atom. The van der Waals surface area contributed by atoms with Crippen LogP contribution in [0.15, 0.2) is 0 Å². The van der Waals surface area contributed by atoms with Gasteiger partial charge in [-0.25, -0.2) is 0 Å².